The van der Waals surface area contributed by atoms with E-state index in [4.69, 9.17) is 0 Å². The molecule has 0 saturated heterocycles. The minimum atomic E-state index is -1.01. The number of hydrogen-bond acceptors (Lipinski definition) is 2. The molecule has 2 aliphatic carbocycles. The Kier molecular flexibility index (Phi) is 4.44. The Hall–Kier alpha value is -1.05. The van der Waals surface area contributed by atoms with Gasteiger partial charge in [-0.1, -0.05) is 18.2 Å². The fraction of sp³-hybridized carbons (Fsp3) is 0.583. The monoisotopic (exact) mass is 193 g/mol. The van der Waals surface area contributed by atoms with Gasteiger partial charge in [0.1, 0.15) is 0 Å². The van der Waals surface area contributed by atoms with Crippen molar-refractivity contribution in [3.63, 3.8) is 0 Å². The van der Waals surface area contributed by atoms with Crippen LogP contribution in [0.25, 0.3) is 0 Å². The fourth-order valence-corrected chi connectivity index (χ4v) is 1.94. The van der Waals surface area contributed by atoms with E-state index in [1.165, 1.54) is 19.3 Å². The zero-order chi connectivity index (χ0) is 10.4. The van der Waals surface area contributed by atoms with Crippen molar-refractivity contribution >= 4 is 5.97 Å². The summed E-state index contributed by atoms with van der Waals surface area (Å²) in [7, 11) is 0. The molecule has 2 aliphatic rings. The van der Waals surface area contributed by atoms with Gasteiger partial charge in [0, 0.05) is 5.97 Å². The van der Waals surface area contributed by atoms with Gasteiger partial charge in [-0.25, -0.2) is 0 Å². The molecule has 2 rings (SSSR count). The fourth-order valence-electron chi connectivity index (χ4n) is 1.94. The molecule has 0 N–H and O–H groups in total. The lowest BCUT2D eigenvalue weighted by Crippen LogP contribution is -2.21. The molecular formula is C12H17O2-. The summed E-state index contributed by atoms with van der Waals surface area (Å²) in [6, 6.07) is 0. The second-order valence-electron chi connectivity index (χ2n) is 3.92. The summed E-state index contributed by atoms with van der Waals surface area (Å²) < 4.78 is 0. The molecule has 14 heavy (non-hydrogen) atoms. The van der Waals surface area contributed by atoms with E-state index in [9.17, 15) is 9.90 Å². The van der Waals surface area contributed by atoms with Crippen LogP contribution in [0, 0.1) is 11.8 Å². The van der Waals surface area contributed by atoms with Crippen LogP contribution in [0.1, 0.15) is 32.1 Å². The first-order valence-corrected chi connectivity index (χ1v) is 5.21. The number of aliphatic carboxylic acids is 1. The van der Waals surface area contributed by atoms with E-state index < -0.39 is 5.97 Å². The van der Waals surface area contributed by atoms with E-state index in [-0.39, 0.29) is 6.42 Å². The highest BCUT2D eigenvalue weighted by Gasteiger charge is 2.25. The van der Waals surface area contributed by atoms with Gasteiger partial charge in [-0.2, -0.15) is 0 Å². The van der Waals surface area contributed by atoms with E-state index in [1.807, 2.05) is 0 Å². The van der Waals surface area contributed by atoms with Crippen LogP contribution < -0.4 is 5.11 Å². The number of carbonyl (C=O) groups excluding carboxylic acids is 1. The van der Waals surface area contributed by atoms with E-state index in [0.29, 0.717) is 6.42 Å². The largest absolute Gasteiger partial charge is 0.550 e. The highest BCUT2D eigenvalue weighted by Crippen LogP contribution is 2.38. The average Bonchev–Trinajstić information content (AvgIpc) is 2.79. The van der Waals surface area contributed by atoms with Crippen molar-refractivity contribution in [1.82, 2.24) is 0 Å². The van der Waals surface area contributed by atoms with Gasteiger partial charge in [-0.15, -0.1) is 6.58 Å². The molecule has 2 atom stereocenters. The standard InChI is InChI=1S/C7H10.C5H8O2/c1-2-7-4-3-6(1)5-7;1-2-3-4-5(6)7/h1-2,6-7H,3-5H2;2H,1,3-4H2,(H,6,7)/p-1. The van der Waals surface area contributed by atoms with Gasteiger partial charge < -0.3 is 9.90 Å². The highest BCUT2D eigenvalue weighted by atomic mass is 16.4. The van der Waals surface area contributed by atoms with Crippen molar-refractivity contribution in [2.24, 2.45) is 11.8 Å². The molecule has 2 unspecified atom stereocenters. The minimum Gasteiger partial charge on any atom is -0.550 e. The van der Waals surface area contributed by atoms with Gasteiger partial charge in [0.2, 0.25) is 0 Å². The van der Waals surface area contributed by atoms with Gasteiger partial charge in [0.15, 0.2) is 0 Å². The van der Waals surface area contributed by atoms with Crippen molar-refractivity contribution in [1.29, 1.82) is 0 Å². The molecule has 0 aliphatic heterocycles. The van der Waals surface area contributed by atoms with Crippen LogP contribution in [-0.2, 0) is 4.79 Å². The number of carboxylic acids is 1. The van der Waals surface area contributed by atoms with Crippen LogP contribution in [0.15, 0.2) is 24.8 Å². The number of carbonyl (C=O) groups is 1. The van der Waals surface area contributed by atoms with Crippen LogP contribution in [0.5, 0.6) is 0 Å². The maximum absolute atomic E-state index is 9.60. The normalized spacial score (nSPS) is 26.9. The molecule has 0 heterocycles. The van der Waals surface area contributed by atoms with Crippen molar-refractivity contribution in [2.75, 3.05) is 0 Å². The summed E-state index contributed by atoms with van der Waals surface area (Å²) in [5, 5.41) is 9.60. The first-order valence-electron chi connectivity index (χ1n) is 5.21. The Bertz CT molecular complexity index is 218. The van der Waals surface area contributed by atoms with E-state index in [2.05, 4.69) is 18.7 Å². The summed E-state index contributed by atoms with van der Waals surface area (Å²) in [5.41, 5.74) is 0. The summed E-state index contributed by atoms with van der Waals surface area (Å²) in [6.45, 7) is 3.34. The Morgan fingerprint density at radius 1 is 1.43 bits per heavy atom. The lowest BCUT2D eigenvalue weighted by Gasteiger charge is -1.96. The Morgan fingerprint density at radius 2 is 2.00 bits per heavy atom. The Balaban J connectivity index is 0.000000140. The number of hydrogen-bond donors (Lipinski definition) is 0. The molecule has 0 amide bonds. The summed E-state index contributed by atoms with van der Waals surface area (Å²) in [6.07, 6.45) is 11.3. The van der Waals surface area contributed by atoms with Crippen molar-refractivity contribution in [3.8, 4) is 0 Å². The van der Waals surface area contributed by atoms with E-state index >= 15 is 0 Å². The van der Waals surface area contributed by atoms with Crippen LogP contribution in [0.4, 0.5) is 0 Å². The van der Waals surface area contributed by atoms with Crippen molar-refractivity contribution < 1.29 is 9.90 Å². The van der Waals surface area contributed by atoms with Gasteiger partial charge in [0.25, 0.3) is 0 Å². The maximum atomic E-state index is 9.60. The smallest absolute Gasteiger partial charge is 0.0417 e. The molecule has 2 nitrogen and oxygen atoms in total. The molecule has 1 saturated carbocycles. The minimum absolute atomic E-state index is 0.0868. The second kappa shape index (κ2) is 5.63. The van der Waals surface area contributed by atoms with E-state index in [0.717, 1.165) is 11.8 Å². The zero-order valence-corrected chi connectivity index (χ0v) is 8.45. The molecule has 78 valence electrons. The molecule has 0 aromatic rings. The van der Waals surface area contributed by atoms with Gasteiger partial charge in [-0.3, -0.25) is 0 Å². The molecule has 0 aromatic carbocycles. The molecule has 0 radical (unpaired) electrons. The summed E-state index contributed by atoms with van der Waals surface area (Å²) >= 11 is 0. The van der Waals surface area contributed by atoms with Crippen LogP contribution in [0.2, 0.25) is 0 Å². The summed E-state index contributed by atoms with van der Waals surface area (Å²) in [5.74, 6) is 0.968. The first-order chi connectivity index (χ1) is 6.72. The topological polar surface area (TPSA) is 40.1 Å². The molecular weight excluding hydrogens is 176 g/mol. The molecule has 2 bridgehead atoms. The SMILES string of the molecule is C1=CC2CCC1C2.C=CCCC(=O)[O-]. The van der Waals surface area contributed by atoms with E-state index in [1.54, 1.807) is 6.08 Å². The van der Waals surface area contributed by atoms with Gasteiger partial charge >= 0.3 is 0 Å². The number of allylic oxidation sites excluding steroid dienone is 3. The Labute approximate surface area is 85.3 Å². The van der Waals surface area contributed by atoms with Crippen molar-refractivity contribution in [2.45, 2.75) is 32.1 Å². The predicted molar refractivity (Wildman–Crippen MR) is 54.4 cm³/mol. The van der Waals surface area contributed by atoms with Crippen molar-refractivity contribution in [3.05, 3.63) is 24.8 Å². The lowest BCUT2D eigenvalue weighted by atomic mass is 10.1. The quantitative estimate of drug-likeness (QED) is 0.640. The van der Waals surface area contributed by atoms with Crippen LogP contribution in [0.3, 0.4) is 0 Å². The molecule has 0 aromatic heterocycles. The molecule has 1 fully saturated rings. The molecule has 0 spiro atoms. The molecule has 2 heteroatoms. The summed E-state index contributed by atoms with van der Waals surface area (Å²) in [4.78, 5) is 9.60. The predicted octanol–water partition coefficient (Wildman–Crippen LogP) is 1.67. The zero-order valence-electron chi connectivity index (χ0n) is 8.45. The third kappa shape index (κ3) is 3.77. The third-order valence-corrected chi connectivity index (χ3v) is 2.72. The van der Waals surface area contributed by atoms with Crippen LogP contribution in [-0.4, -0.2) is 5.97 Å². The average molecular weight is 193 g/mol. The maximum Gasteiger partial charge on any atom is 0.0417 e. The number of carboxylic acid groups (broad SMARTS) is 1. The first kappa shape index (κ1) is 11.0. The van der Waals surface area contributed by atoms with Gasteiger partial charge in [-0.05, 0) is 43.9 Å². The lowest BCUT2D eigenvalue weighted by molar-refractivity contribution is -0.305. The Morgan fingerprint density at radius 3 is 2.14 bits per heavy atom. The number of rotatable bonds is 3. The number of fused-ring (bicyclic) bond motifs is 2. The second-order valence-corrected chi connectivity index (χ2v) is 3.92. The third-order valence-electron chi connectivity index (χ3n) is 2.72. The van der Waals surface area contributed by atoms with Gasteiger partial charge in [0.05, 0.1) is 0 Å². The highest BCUT2D eigenvalue weighted by molar-refractivity contribution is 5.64. The van der Waals surface area contributed by atoms with Crippen LogP contribution >= 0.6 is 0 Å².